The lowest BCUT2D eigenvalue weighted by Gasteiger charge is -2.32. The first-order valence-electron chi connectivity index (χ1n) is 11.4. The molecule has 2 aromatic carbocycles. The van der Waals surface area contributed by atoms with Crippen LogP contribution in [0.5, 0.6) is 11.5 Å². The lowest BCUT2D eigenvalue weighted by molar-refractivity contribution is -0.127. The largest absolute Gasteiger partial charge is 0.457 e. The van der Waals surface area contributed by atoms with Crippen LogP contribution in [0.1, 0.15) is 30.1 Å². The van der Waals surface area contributed by atoms with Crippen LogP contribution in [0.3, 0.4) is 0 Å². The third-order valence-electron chi connectivity index (χ3n) is 5.88. The molecule has 0 aliphatic carbocycles. The minimum Gasteiger partial charge on any atom is -0.457 e. The Morgan fingerprint density at radius 2 is 1.94 bits per heavy atom. The predicted molar refractivity (Wildman–Crippen MR) is 134 cm³/mol. The summed E-state index contributed by atoms with van der Waals surface area (Å²) in [5, 5.41) is 5.38. The summed E-state index contributed by atoms with van der Waals surface area (Å²) in [4.78, 5) is 22.5. The molecule has 0 radical (unpaired) electrons. The van der Waals surface area contributed by atoms with Gasteiger partial charge in [0, 0.05) is 18.7 Å². The van der Waals surface area contributed by atoms with Crippen molar-refractivity contribution in [2.24, 2.45) is 0 Å². The van der Waals surface area contributed by atoms with Gasteiger partial charge in [-0.25, -0.2) is 14.6 Å². The van der Waals surface area contributed by atoms with E-state index in [4.69, 9.17) is 15.6 Å². The Morgan fingerprint density at radius 3 is 2.77 bits per heavy atom. The lowest BCUT2D eigenvalue weighted by atomic mass is 10.1. The molecule has 8 heteroatoms. The molecule has 4 aromatic rings. The van der Waals surface area contributed by atoms with E-state index < -0.39 is 0 Å². The van der Waals surface area contributed by atoms with E-state index in [1.165, 1.54) is 12.4 Å². The quantitative estimate of drug-likeness (QED) is 0.363. The molecular formula is C27H24N6O2. The van der Waals surface area contributed by atoms with Crippen molar-refractivity contribution < 1.29 is 9.53 Å². The lowest BCUT2D eigenvalue weighted by Crippen LogP contribution is -2.40. The molecule has 1 amide bonds. The summed E-state index contributed by atoms with van der Waals surface area (Å²) in [5.74, 6) is 7.99. The zero-order chi connectivity index (χ0) is 24.2. The maximum Gasteiger partial charge on any atom is 0.246 e. The van der Waals surface area contributed by atoms with Gasteiger partial charge in [-0.3, -0.25) is 4.79 Å². The highest BCUT2D eigenvalue weighted by Crippen LogP contribution is 2.28. The molecule has 1 fully saturated rings. The van der Waals surface area contributed by atoms with Crippen LogP contribution in [0.4, 0.5) is 5.82 Å². The second kappa shape index (κ2) is 9.69. The Hall–Kier alpha value is -4.64. The number of carbonyl (C=O) groups is 1. The first kappa shape index (κ1) is 22.2. The van der Waals surface area contributed by atoms with E-state index in [1.807, 2.05) is 59.3 Å². The van der Waals surface area contributed by atoms with E-state index in [1.54, 1.807) is 4.90 Å². The Balaban J connectivity index is 1.47. The Kier molecular flexibility index (Phi) is 6.14. The molecule has 35 heavy (non-hydrogen) atoms. The Bertz CT molecular complexity index is 1450. The van der Waals surface area contributed by atoms with Gasteiger partial charge in [-0.2, -0.15) is 5.10 Å². The van der Waals surface area contributed by atoms with Gasteiger partial charge in [0.05, 0.1) is 11.4 Å². The molecule has 1 unspecified atom stereocenters. The van der Waals surface area contributed by atoms with Gasteiger partial charge < -0.3 is 15.4 Å². The highest BCUT2D eigenvalue weighted by molar-refractivity contribution is 5.90. The number of aromatic nitrogens is 4. The topological polar surface area (TPSA) is 99.2 Å². The Morgan fingerprint density at radius 1 is 1.11 bits per heavy atom. The summed E-state index contributed by atoms with van der Waals surface area (Å²) in [6.45, 7) is 4.83. The standard InChI is InChI=1S/C27H24N6O2/c1-2-24(34)32-15-7-9-20(17-32)33-27-25(26(28)29-18-30-27)23(31-33)14-13-19-8-6-12-22(16-19)35-21-10-4-3-5-11-21/h2-6,8,10-12,16,18,20H,1,7,9,15,17H2,(H2,28,29,30). The van der Waals surface area contributed by atoms with Crippen molar-refractivity contribution in [1.82, 2.24) is 24.6 Å². The number of likely N-dealkylation sites (tertiary alicyclic amines) is 1. The predicted octanol–water partition coefficient (Wildman–Crippen LogP) is 3.95. The fourth-order valence-electron chi connectivity index (χ4n) is 4.21. The second-order valence-corrected chi connectivity index (χ2v) is 8.23. The molecule has 174 valence electrons. The van der Waals surface area contributed by atoms with E-state index >= 15 is 0 Å². The first-order chi connectivity index (χ1) is 17.1. The maximum absolute atomic E-state index is 12.2. The third-order valence-corrected chi connectivity index (χ3v) is 5.88. The van der Waals surface area contributed by atoms with Crippen LogP contribution in [0.2, 0.25) is 0 Å². The zero-order valence-electron chi connectivity index (χ0n) is 19.1. The molecule has 3 heterocycles. The number of fused-ring (bicyclic) bond motifs is 1. The highest BCUT2D eigenvalue weighted by Gasteiger charge is 2.27. The van der Waals surface area contributed by atoms with Crippen molar-refractivity contribution in [2.75, 3.05) is 18.8 Å². The van der Waals surface area contributed by atoms with Crippen molar-refractivity contribution in [3.63, 3.8) is 0 Å². The van der Waals surface area contributed by atoms with Gasteiger partial charge in [0.1, 0.15) is 29.3 Å². The zero-order valence-corrected chi connectivity index (χ0v) is 19.1. The normalized spacial score (nSPS) is 15.3. The molecule has 2 aromatic heterocycles. The summed E-state index contributed by atoms with van der Waals surface area (Å²) >= 11 is 0. The van der Waals surface area contributed by atoms with Gasteiger partial charge in [0.15, 0.2) is 5.65 Å². The molecular weight excluding hydrogens is 440 g/mol. The first-order valence-corrected chi connectivity index (χ1v) is 11.4. The van der Waals surface area contributed by atoms with Crippen molar-refractivity contribution in [3.05, 3.63) is 84.8 Å². The van der Waals surface area contributed by atoms with Gasteiger partial charge in [-0.1, -0.05) is 36.8 Å². The summed E-state index contributed by atoms with van der Waals surface area (Å²) < 4.78 is 7.74. The number of nitrogen functional groups attached to an aromatic ring is 1. The van der Waals surface area contributed by atoms with E-state index in [9.17, 15) is 4.79 Å². The summed E-state index contributed by atoms with van der Waals surface area (Å²) in [7, 11) is 0. The van der Waals surface area contributed by atoms with Crippen molar-refractivity contribution in [2.45, 2.75) is 18.9 Å². The number of nitrogens with two attached hydrogens (primary N) is 1. The van der Waals surface area contributed by atoms with E-state index in [0.717, 1.165) is 24.2 Å². The number of nitrogens with zero attached hydrogens (tertiary/aromatic N) is 5. The van der Waals surface area contributed by atoms with E-state index in [-0.39, 0.29) is 11.9 Å². The van der Waals surface area contributed by atoms with Crippen molar-refractivity contribution in [3.8, 4) is 23.3 Å². The number of benzene rings is 2. The van der Waals surface area contributed by atoms with Gasteiger partial charge in [-0.15, -0.1) is 0 Å². The van der Waals surface area contributed by atoms with Crippen LogP contribution in [0, 0.1) is 11.8 Å². The number of amides is 1. The summed E-state index contributed by atoms with van der Waals surface area (Å²) in [6, 6.07) is 17.1. The van der Waals surface area contributed by atoms with Gasteiger partial charge in [0.2, 0.25) is 5.91 Å². The molecule has 1 aliphatic rings. The number of carbonyl (C=O) groups excluding carboxylic acids is 1. The van der Waals surface area contributed by atoms with Crippen LogP contribution in [-0.2, 0) is 4.79 Å². The average Bonchev–Trinajstić information content (AvgIpc) is 3.28. The number of anilines is 1. The number of piperidine rings is 1. The second-order valence-electron chi connectivity index (χ2n) is 8.23. The Labute approximate surface area is 203 Å². The molecule has 1 saturated heterocycles. The molecule has 8 nitrogen and oxygen atoms in total. The van der Waals surface area contributed by atoms with E-state index in [2.05, 4.69) is 28.4 Å². The van der Waals surface area contributed by atoms with Crippen LogP contribution >= 0.6 is 0 Å². The van der Waals surface area contributed by atoms with Gasteiger partial charge in [0.25, 0.3) is 0 Å². The van der Waals surface area contributed by atoms with Crippen LogP contribution in [0.25, 0.3) is 11.0 Å². The smallest absolute Gasteiger partial charge is 0.246 e. The van der Waals surface area contributed by atoms with Crippen LogP contribution in [0.15, 0.2) is 73.6 Å². The molecule has 0 spiro atoms. The third kappa shape index (κ3) is 4.70. The molecule has 5 rings (SSSR count). The fourth-order valence-corrected chi connectivity index (χ4v) is 4.21. The van der Waals surface area contributed by atoms with Crippen LogP contribution < -0.4 is 10.5 Å². The molecule has 0 saturated carbocycles. The summed E-state index contributed by atoms with van der Waals surface area (Å²) in [5.41, 5.74) is 8.09. The number of ether oxygens (including phenoxy) is 1. The van der Waals surface area contributed by atoms with Crippen molar-refractivity contribution in [1.29, 1.82) is 0 Å². The number of hydrogen-bond acceptors (Lipinski definition) is 6. The fraction of sp³-hybridized carbons (Fsp3) is 0.185. The molecule has 0 bridgehead atoms. The van der Waals surface area contributed by atoms with Gasteiger partial charge in [-0.05, 0) is 55.2 Å². The van der Waals surface area contributed by atoms with E-state index in [0.29, 0.717) is 41.4 Å². The maximum atomic E-state index is 12.2. The molecule has 2 N–H and O–H groups in total. The van der Waals surface area contributed by atoms with Crippen LogP contribution in [-0.4, -0.2) is 43.6 Å². The number of para-hydroxylation sites is 1. The SMILES string of the molecule is C=CC(=O)N1CCCC(n2nc(C#Cc3cccc(Oc4ccccc4)c3)c3c(N)ncnc32)C1. The highest BCUT2D eigenvalue weighted by atomic mass is 16.5. The summed E-state index contributed by atoms with van der Waals surface area (Å²) in [6.07, 6.45) is 4.50. The molecule has 1 atom stereocenters. The monoisotopic (exact) mass is 464 g/mol. The average molecular weight is 465 g/mol. The number of rotatable bonds is 4. The minimum absolute atomic E-state index is 0.0393. The van der Waals surface area contributed by atoms with Gasteiger partial charge >= 0.3 is 0 Å². The minimum atomic E-state index is -0.0853. The van der Waals surface area contributed by atoms with Crippen molar-refractivity contribution >= 4 is 22.8 Å². The number of hydrogen-bond donors (Lipinski definition) is 1. The molecule has 1 aliphatic heterocycles.